The molecule has 0 spiro atoms. The van der Waals surface area contributed by atoms with Crippen LogP contribution >= 0.6 is 0 Å². The van der Waals surface area contributed by atoms with Gasteiger partial charge in [0.15, 0.2) is 11.2 Å². The van der Waals surface area contributed by atoms with Crippen LogP contribution < -0.4 is 5.43 Å². The van der Waals surface area contributed by atoms with E-state index in [1.54, 1.807) is 0 Å². The molecule has 0 radical (unpaired) electrons. The van der Waals surface area contributed by atoms with Gasteiger partial charge < -0.3 is 14.5 Å². The van der Waals surface area contributed by atoms with E-state index in [0.29, 0.717) is 17.0 Å². The summed E-state index contributed by atoms with van der Waals surface area (Å²) in [6.45, 7) is 0. The fourth-order valence-electron chi connectivity index (χ4n) is 1.81. The number of aromatic carboxylic acids is 1. The predicted molar refractivity (Wildman–Crippen MR) is 67.0 cm³/mol. The molecule has 0 unspecified atom stereocenters. The molecule has 2 aromatic heterocycles. The van der Waals surface area contributed by atoms with Gasteiger partial charge in [0.25, 0.3) is 0 Å². The molecular formula is C13H8N2O4. The number of carboxylic acids is 1. The summed E-state index contributed by atoms with van der Waals surface area (Å²) in [7, 11) is 0. The Bertz CT molecular complexity index is 818. The Morgan fingerprint density at radius 2 is 2.16 bits per heavy atom. The van der Waals surface area contributed by atoms with Crippen LogP contribution in [0.3, 0.4) is 0 Å². The van der Waals surface area contributed by atoms with Gasteiger partial charge in [-0.15, -0.1) is 0 Å². The molecule has 94 valence electrons. The summed E-state index contributed by atoms with van der Waals surface area (Å²) in [5, 5.41) is 9.13. The molecule has 0 saturated heterocycles. The first-order valence-corrected chi connectivity index (χ1v) is 5.45. The number of hydrogen-bond acceptors (Lipinski definition) is 4. The summed E-state index contributed by atoms with van der Waals surface area (Å²) in [6, 6.07) is 5.48. The van der Waals surface area contributed by atoms with Crippen molar-refractivity contribution >= 4 is 16.9 Å². The minimum absolute atomic E-state index is 0.0501. The van der Waals surface area contributed by atoms with Crippen LogP contribution in [0, 0.1) is 0 Å². The van der Waals surface area contributed by atoms with Gasteiger partial charge in [-0.3, -0.25) is 4.79 Å². The fraction of sp³-hybridized carbons (Fsp3) is 0. The van der Waals surface area contributed by atoms with Crippen LogP contribution in [0.4, 0.5) is 0 Å². The zero-order chi connectivity index (χ0) is 13.4. The number of aromatic nitrogens is 2. The van der Waals surface area contributed by atoms with Crippen LogP contribution in [0.2, 0.25) is 0 Å². The third kappa shape index (κ3) is 1.89. The Hall–Kier alpha value is -2.89. The molecule has 0 bridgehead atoms. The number of carboxylic acid groups (broad SMARTS) is 1. The number of nitrogens with zero attached hydrogens (tertiary/aromatic N) is 1. The lowest BCUT2D eigenvalue weighted by Crippen LogP contribution is -2.03. The Balaban J connectivity index is 2.26. The number of imidazole rings is 1. The van der Waals surface area contributed by atoms with E-state index in [9.17, 15) is 9.59 Å². The maximum Gasteiger partial charge on any atom is 0.335 e. The molecule has 2 N–H and O–H groups in total. The van der Waals surface area contributed by atoms with Crippen LogP contribution in [0.5, 0.6) is 0 Å². The monoisotopic (exact) mass is 256 g/mol. The van der Waals surface area contributed by atoms with Gasteiger partial charge >= 0.3 is 5.97 Å². The maximum atomic E-state index is 12.0. The molecule has 19 heavy (non-hydrogen) atoms. The Kier molecular flexibility index (Phi) is 2.42. The second-order valence-electron chi connectivity index (χ2n) is 3.96. The third-order valence-electron chi connectivity index (χ3n) is 2.74. The van der Waals surface area contributed by atoms with Gasteiger partial charge in [-0.2, -0.15) is 0 Å². The SMILES string of the molecule is O=C(O)c1ccc2oc(-c3cnc[nH]3)cc(=O)c2c1. The minimum Gasteiger partial charge on any atom is -0.478 e. The molecule has 1 aromatic carbocycles. The van der Waals surface area contributed by atoms with Gasteiger partial charge in [0.1, 0.15) is 11.3 Å². The molecular weight excluding hydrogens is 248 g/mol. The number of H-pyrrole nitrogens is 1. The van der Waals surface area contributed by atoms with E-state index in [1.165, 1.54) is 36.8 Å². The Morgan fingerprint density at radius 3 is 2.84 bits per heavy atom. The molecule has 0 amide bonds. The lowest BCUT2D eigenvalue weighted by molar-refractivity contribution is 0.0697. The third-order valence-corrected chi connectivity index (χ3v) is 2.74. The smallest absolute Gasteiger partial charge is 0.335 e. The number of nitrogens with one attached hydrogen (secondary N) is 1. The highest BCUT2D eigenvalue weighted by atomic mass is 16.4. The fourth-order valence-corrected chi connectivity index (χ4v) is 1.81. The van der Waals surface area contributed by atoms with E-state index in [0.717, 1.165) is 0 Å². The summed E-state index contributed by atoms with van der Waals surface area (Å²) >= 11 is 0. The largest absolute Gasteiger partial charge is 0.478 e. The van der Waals surface area contributed by atoms with Crippen molar-refractivity contribution in [3.63, 3.8) is 0 Å². The molecule has 0 aliphatic heterocycles. The molecule has 3 rings (SSSR count). The average Bonchev–Trinajstić information content (AvgIpc) is 2.92. The van der Waals surface area contributed by atoms with Crippen LogP contribution in [0.15, 0.2) is 46.0 Å². The molecule has 6 nitrogen and oxygen atoms in total. The van der Waals surface area contributed by atoms with E-state index in [1.807, 2.05) is 0 Å². The zero-order valence-corrected chi connectivity index (χ0v) is 9.58. The summed E-state index contributed by atoms with van der Waals surface area (Å²) < 4.78 is 5.56. The lowest BCUT2D eigenvalue weighted by atomic mass is 10.1. The molecule has 0 fully saturated rings. The van der Waals surface area contributed by atoms with Gasteiger partial charge in [0.05, 0.1) is 23.5 Å². The first-order chi connectivity index (χ1) is 9.15. The highest BCUT2D eigenvalue weighted by molar-refractivity contribution is 5.92. The topological polar surface area (TPSA) is 96.2 Å². The number of carbonyl (C=O) groups is 1. The highest BCUT2D eigenvalue weighted by Gasteiger charge is 2.10. The van der Waals surface area contributed by atoms with Crippen molar-refractivity contribution in [1.29, 1.82) is 0 Å². The summed E-state index contributed by atoms with van der Waals surface area (Å²) in [4.78, 5) is 29.5. The summed E-state index contributed by atoms with van der Waals surface area (Å²) in [6.07, 6.45) is 3.02. The molecule has 0 atom stereocenters. The van der Waals surface area contributed by atoms with Crippen molar-refractivity contribution < 1.29 is 14.3 Å². The highest BCUT2D eigenvalue weighted by Crippen LogP contribution is 2.20. The number of hydrogen-bond donors (Lipinski definition) is 2. The molecule has 0 saturated carbocycles. The average molecular weight is 256 g/mol. The van der Waals surface area contributed by atoms with E-state index in [2.05, 4.69) is 9.97 Å². The van der Waals surface area contributed by atoms with Gasteiger partial charge in [-0.1, -0.05) is 0 Å². The second-order valence-corrected chi connectivity index (χ2v) is 3.96. The van der Waals surface area contributed by atoms with Gasteiger partial charge in [0, 0.05) is 6.07 Å². The lowest BCUT2D eigenvalue weighted by Gasteiger charge is -2.01. The van der Waals surface area contributed by atoms with E-state index >= 15 is 0 Å². The Morgan fingerprint density at radius 1 is 1.32 bits per heavy atom. The van der Waals surface area contributed by atoms with Crippen LogP contribution in [0.25, 0.3) is 22.4 Å². The standard InChI is InChI=1S/C13H8N2O4/c16-10-4-12(9-5-14-6-15-9)19-11-2-1-7(13(17)18)3-8(10)11/h1-6H,(H,14,15)(H,17,18). The second kappa shape index (κ2) is 4.09. The number of benzene rings is 1. The van der Waals surface area contributed by atoms with Crippen LogP contribution in [-0.2, 0) is 0 Å². The Labute approximate surface area is 106 Å². The van der Waals surface area contributed by atoms with E-state index < -0.39 is 5.97 Å². The number of rotatable bonds is 2. The summed E-state index contributed by atoms with van der Waals surface area (Å²) in [5.74, 6) is -0.725. The first kappa shape index (κ1) is 11.2. The number of fused-ring (bicyclic) bond motifs is 1. The van der Waals surface area contributed by atoms with Gasteiger partial charge in [-0.05, 0) is 18.2 Å². The molecule has 2 heterocycles. The van der Waals surface area contributed by atoms with Crippen molar-refractivity contribution in [3.05, 3.63) is 52.6 Å². The van der Waals surface area contributed by atoms with Crippen molar-refractivity contribution in [3.8, 4) is 11.5 Å². The summed E-state index contributed by atoms with van der Waals surface area (Å²) in [5.41, 5.74) is 0.673. The van der Waals surface area contributed by atoms with Gasteiger partial charge in [-0.25, -0.2) is 9.78 Å². The van der Waals surface area contributed by atoms with Crippen molar-refractivity contribution in [2.75, 3.05) is 0 Å². The molecule has 0 aliphatic carbocycles. The van der Waals surface area contributed by atoms with Crippen molar-refractivity contribution in [2.45, 2.75) is 0 Å². The maximum absolute atomic E-state index is 12.0. The zero-order valence-electron chi connectivity index (χ0n) is 9.58. The minimum atomic E-state index is -1.08. The number of aromatic amines is 1. The molecule has 0 aliphatic rings. The van der Waals surface area contributed by atoms with E-state index in [-0.39, 0.29) is 16.4 Å². The van der Waals surface area contributed by atoms with Crippen LogP contribution in [-0.4, -0.2) is 21.0 Å². The van der Waals surface area contributed by atoms with Crippen molar-refractivity contribution in [1.82, 2.24) is 9.97 Å². The normalized spacial score (nSPS) is 10.7. The van der Waals surface area contributed by atoms with Crippen molar-refractivity contribution in [2.24, 2.45) is 0 Å². The molecule has 6 heteroatoms. The predicted octanol–water partition coefficient (Wildman–Crippen LogP) is 1.88. The quantitative estimate of drug-likeness (QED) is 0.729. The first-order valence-electron chi connectivity index (χ1n) is 5.45. The van der Waals surface area contributed by atoms with Gasteiger partial charge in [0.2, 0.25) is 0 Å². The van der Waals surface area contributed by atoms with Crippen LogP contribution in [0.1, 0.15) is 10.4 Å². The van der Waals surface area contributed by atoms with E-state index in [4.69, 9.17) is 9.52 Å². The molecule has 3 aromatic rings.